The lowest BCUT2D eigenvalue weighted by atomic mass is 10.2. The van der Waals surface area contributed by atoms with Gasteiger partial charge in [-0.15, -0.1) is 0 Å². The number of carbonyl (C=O) groups excluding carboxylic acids is 1. The molecular formula is C8H11Br3O2. The van der Waals surface area contributed by atoms with Gasteiger partial charge in [0.2, 0.25) is 0 Å². The highest BCUT2D eigenvalue weighted by atomic mass is 79.9. The highest BCUT2D eigenvalue weighted by molar-refractivity contribution is 9.24. The molecule has 0 unspecified atom stereocenters. The number of hydrogen-bond donors (Lipinski definition) is 0. The van der Waals surface area contributed by atoms with E-state index >= 15 is 0 Å². The molecule has 0 aliphatic heterocycles. The van der Waals surface area contributed by atoms with Gasteiger partial charge >= 0.3 is 5.97 Å². The average Bonchev–Trinajstić information content (AvgIpc) is 2.60. The van der Waals surface area contributed by atoms with Crippen molar-refractivity contribution in [1.82, 2.24) is 0 Å². The number of carbonyl (C=O) groups is 1. The zero-order valence-electron chi connectivity index (χ0n) is 7.23. The quantitative estimate of drug-likeness (QED) is 0.554. The minimum absolute atomic E-state index is 0.0325. The first-order chi connectivity index (χ1) is 5.99. The summed E-state index contributed by atoms with van der Waals surface area (Å²) in [7, 11) is 0. The fraction of sp³-hybridized carbons (Fsp3) is 0.875. The van der Waals surface area contributed by atoms with Gasteiger partial charge in [-0.25, -0.2) is 0 Å². The van der Waals surface area contributed by atoms with Crippen molar-refractivity contribution in [3.8, 4) is 0 Å². The smallest absolute Gasteiger partial charge is 0.310 e. The van der Waals surface area contributed by atoms with E-state index in [2.05, 4.69) is 47.8 Å². The Labute approximate surface area is 103 Å². The SMILES string of the molecule is CCOC(=O)[C@H]1C[C@@]1(Br)CC(Br)Br. The largest absolute Gasteiger partial charge is 0.466 e. The second-order valence-corrected chi connectivity index (χ2v) is 8.16. The molecule has 1 fully saturated rings. The van der Waals surface area contributed by atoms with Crippen LogP contribution in [0.25, 0.3) is 0 Å². The molecule has 1 rings (SSSR count). The second-order valence-electron chi connectivity index (χ2n) is 3.14. The Morgan fingerprint density at radius 3 is 2.77 bits per heavy atom. The number of halogens is 3. The van der Waals surface area contributed by atoms with Crippen LogP contribution >= 0.6 is 47.8 Å². The molecule has 0 spiro atoms. The summed E-state index contributed by atoms with van der Waals surface area (Å²) in [6.07, 6.45) is 1.76. The molecule has 0 aromatic carbocycles. The molecule has 13 heavy (non-hydrogen) atoms. The van der Waals surface area contributed by atoms with E-state index in [-0.39, 0.29) is 19.9 Å². The van der Waals surface area contributed by atoms with Crippen molar-refractivity contribution in [2.45, 2.75) is 27.8 Å². The number of alkyl halides is 3. The third-order valence-corrected chi connectivity index (χ3v) is 3.92. The van der Waals surface area contributed by atoms with E-state index in [1.807, 2.05) is 6.92 Å². The summed E-state index contributed by atoms with van der Waals surface area (Å²) in [6, 6.07) is 0. The molecule has 1 saturated carbocycles. The average molecular weight is 379 g/mol. The number of hydrogen-bond acceptors (Lipinski definition) is 2. The lowest BCUT2D eigenvalue weighted by Crippen LogP contribution is -2.15. The minimum Gasteiger partial charge on any atom is -0.466 e. The third-order valence-electron chi connectivity index (χ3n) is 2.07. The maximum absolute atomic E-state index is 11.3. The van der Waals surface area contributed by atoms with Crippen LogP contribution in [0, 0.1) is 5.92 Å². The second kappa shape index (κ2) is 4.62. The Hall–Kier alpha value is 0.910. The van der Waals surface area contributed by atoms with Gasteiger partial charge in [0.15, 0.2) is 0 Å². The predicted octanol–water partition coefficient (Wildman–Crippen LogP) is 3.21. The number of ether oxygens (including phenoxy) is 1. The molecule has 0 radical (unpaired) electrons. The van der Waals surface area contributed by atoms with Crippen LogP contribution in [0.4, 0.5) is 0 Å². The van der Waals surface area contributed by atoms with Gasteiger partial charge < -0.3 is 4.74 Å². The van der Waals surface area contributed by atoms with Crippen LogP contribution in [0.5, 0.6) is 0 Å². The standard InChI is InChI=1S/C8H11Br3O2/c1-2-13-7(12)5-3-8(5,11)4-6(9)10/h5-6H,2-4H2,1H3/t5-,8-/m1/s1. The van der Waals surface area contributed by atoms with Crippen molar-refractivity contribution in [3.05, 3.63) is 0 Å². The van der Waals surface area contributed by atoms with Gasteiger partial charge in [-0.3, -0.25) is 4.79 Å². The van der Waals surface area contributed by atoms with E-state index < -0.39 is 0 Å². The van der Waals surface area contributed by atoms with Gasteiger partial charge in [0, 0.05) is 4.32 Å². The Kier molecular flexibility index (Phi) is 4.26. The highest BCUT2D eigenvalue weighted by Crippen LogP contribution is 2.56. The Morgan fingerprint density at radius 2 is 2.31 bits per heavy atom. The van der Waals surface area contributed by atoms with Crippen molar-refractivity contribution < 1.29 is 9.53 Å². The molecule has 0 aromatic rings. The van der Waals surface area contributed by atoms with Crippen LogP contribution in [0.1, 0.15) is 19.8 Å². The molecule has 0 saturated heterocycles. The molecule has 0 heterocycles. The summed E-state index contributed by atoms with van der Waals surface area (Å²) in [5, 5.41) is 0. The van der Waals surface area contributed by atoms with Crippen LogP contribution in [0.2, 0.25) is 0 Å². The van der Waals surface area contributed by atoms with Crippen molar-refractivity contribution in [2.75, 3.05) is 6.61 Å². The van der Waals surface area contributed by atoms with Crippen LogP contribution in [-0.2, 0) is 9.53 Å². The lowest BCUT2D eigenvalue weighted by molar-refractivity contribution is -0.144. The predicted molar refractivity (Wildman–Crippen MR) is 62.7 cm³/mol. The van der Waals surface area contributed by atoms with Crippen LogP contribution < -0.4 is 0 Å². The first kappa shape index (κ1) is 12.0. The molecule has 0 aromatic heterocycles. The zero-order chi connectivity index (χ0) is 10.1. The van der Waals surface area contributed by atoms with Crippen molar-refractivity contribution in [3.63, 3.8) is 0 Å². The topological polar surface area (TPSA) is 26.3 Å². The molecular weight excluding hydrogens is 368 g/mol. The van der Waals surface area contributed by atoms with E-state index in [9.17, 15) is 4.79 Å². The van der Waals surface area contributed by atoms with Gasteiger partial charge in [-0.1, -0.05) is 47.8 Å². The van der Waals surface area contributed by atoms with E-state index in [0.717, 1.165) is 12.8 Å². The zero-order valence-corrected chi connectivity index (χ0v) is 12.0. The van der Waals surface area contributed by atoms with Gasteiger partial charge in [0.25, 0.3) is 0 Å². The lowest BCUT2D eigenvalue weighted by Gasteiger charge is -2.09. The normalized spacial score (nSPS) is 31.9. The fourth-order valence-electron chi connectivity index (χ4n) is 1.30. The third kappa shape index (κ3) is 3.20. The maximum atomic E-state index is 11.3. The molecule has 0 bridgehead atoms. The van der Waals surface area contributed by atoms with Crippen molar-refractivity contribution >= 4 is 53.8 Å². The van der Waals surface area contributed by atoms with Crippen molar-refractivity contribution in [2.24, 2.45) is 5.92 Å². The van der Waals surface area contributed by atoms with E-state index in [1.54, 1.807) is 0 Å². The Morgan fingerprint density at radius 1 is 1.69 bits per heavy atom. The minimum atomic E-state index is -0.0833. The maximum Gasteiger partial charge on any atom is 0.310 e. The molecule has 2 nitrogen and oxygen atoms in total. The monoisotopic (exact) mass is 376 g/mol. The molecule has 76 valence electrons. The van der Waals surface area contributed by atoms with Crippen LogP contribution in [0.3, 0.4) is 0 Å². The summed E-state index contributed by atoms with van der Waals surface area (Å²) in [5.74, 6) is -0.0509. The fourth-order valence-corrected chi connectivity index (χ4v) is 4.16. The molecule has 5 heteroatoms. The van der Waals surface area contributed by atoms with E-state index in [4.69, 9.17) is 4.74 Å². The first-order valence-corrected chi connectivity index (χ1v) is 6.75. The number of rotatable bonds is 4. The summed E-state index contributed by atoms with van der Waals surface area (Å²) >= 11 is 10.4. The molecule has 0 amide bonds. The Balaban J connectivity index is 2.38. The summed E-state index contributed by atoms with van der Waals surface area (Å²) < 4.78 is 5.15. The first-order valence-electron chi connectivity index (χ1n) is 4.13. The van der Waals surface area contributed by atoms with Gasteiger partial charge in [-0.05, 0) is 19.8 Å². The molecule has 0 N–H and O–H groups in total. The van der Waals surface area contributed by atoms with Gasteiger partial charge in [0.1, 0.15) is 0 Å². The van der Waals surface area contributed by atoms with Gasteiger partial charge in [0.05, 0.1) is 16.3 Å². The molecule has 1 aliphatic carbocycles. The van der Waals surface area contributed by atoms with E-state index in [0.29, 0.717) is 6.61 Å². The highest BCUT2D eigenvalue weighted by Gasteiger charge is 2.57. The summed E-state index contributed by atoms with van der Waals surface area (Å²) in [5.41, 5.74) is 0. The number of esters is 1. The summed E-state index contributed by atoms with van der Waals surface area (Å²) in [4.78, 5) is 11.3. The van der Waals surface area contributed by atoms with Crippen LogP contribution in [0.15, 0.2) is 0 Å². The van der Waals surface area contributed by atoms with E-state index in [1.165, 1.54) is 0 Å². The molecule has 2 atom stereocenters. The Bertz CT molecular complexity index is 208. The van der Waals surface area contributed by atoms with Crippen LogP contribution in [-0.4, -0.2) is 20.6 Å². The summed E-state index contributed by atoms with van der Waals surface area (Å²) in [6.45, 7) is 2.29. The molecule has 1 aliphatic rings. The van der Waals surface area contributed by atoms with Gasteiger partial charge in [-0.2, -0.15) is 0 Å². The van der Waals surface area contributed by atoms with Crippen molar-refractivity contribution in [1.29, 1.82) is 0 Å².